The second-order valence-electron chi connectivity index (χ2n) is 4.54. The van der Waals surface area contributed by atoms with Gasteiger partial charge in [0.1, 0.15) is 0 Å². The van der Waals surface area contributed by atoms with Gasteiger partial charge in [-0.3, -0.25) is 0 Å². The Morgan fingerprint density at radius 3 is 2.09 bits per heavy atom. The smallest absolute Gasteiger partial charge is 0.377 e. The van der Waals surface area contributed by atoms with E-state index in [0.29, 0.717) is 6.08 Å². The van der Waals surface area contributed by atoms with Crippen molar-refractivity contribution in [3.8, 4) is 0 Å². The van der Waals surface area contributed by atoms with Crippen molar-refractivity contribution in [2.24, 2.45) is 0 Å². The summed E-state index contributed by atoms with van der Waals surface area (Å²) in [5, 5.41) is 9.10. The largest absolute Gasteiger partial charge is 0.433 e. The van der Waals surface area contributed by atoms with Crippen molar-refractivity contribution in [3.05, 3.63) is 12.7 Å². The minimum atomic E-state index is -6.23. The first kappa shape index (κ1) is 21.6. The molecule has 1 unspecified atom stereocenters. The van der Waals surface area contributed by atoms with E-state index < -0.39 is 62.1 Å². The van der Waals surface area contributed by atoms with Crippen LogP contribution in [0.25, 0.3) is 0 Å². The molecule has 136 valence electrons. The van der Waals surface area contributed by atoms with E-state index >= 15 is 0 Å². The van der Waals surface area contributed by atoms with Crippen LogP contribution >= 0.6 is 0 Å². The van der Waals surface area contributed by atoms with E-state index in [2.05, 4.69) is 11.3 Å². The van der Waals surface area contributed by atoms with Crippen LogP contribution in [0.1, 0.15) is 25.7 Å². The van der Waals surface area contributed by atoms with E-state index in [0.717, 1.165) is 0 Å². The van der Waals surface area contributed by atoms with E-state index in [1.165, 1.54) is 0 Å². The van der Waals surface area contributed by atoms with E-state index in [-0.39, 0.29) is 0 Å². The van der Waals surface area contributed by atoms with Gasteiger partial charge in [0.2, 0.25) is 6.29 Å². The summed E-state index contributed by atoms with van der Waals surface area (Å²) in [6.45, 7) is 3.01. The molecule has 1 atom stereocenters. The fraction of sp³-hybridized carbons (Fsp3) is 0.750. The van der Waals surface area contributed by atoms with Crippen molar-refractivity contribution in [2.75, 3.05) is 0 Å². The molecule has 0 saturated heterocycles. The molecule has 0 saturated carbocycles. The molecule has 0 radical (unpaired) electrons. The van der Waals surface area contributed by atoms with Gasteiger partial charge in [0, 0.05) is 18.9 Å². The summed E-state index contributed by atoms with van der Waals surface area (Å²) in [7, 11) is 0. The summed E-state index contributed by atoms with van der Waals surface area (Å²) in [5.41, 5.74) is 0. The number of aliphatic hydroxyl groups is 1. The third kappa shape index (κ3) is 5.33. The summed E-state index contributed by atoms with van der Waals surface area (Å²) >= 11 is 0. The number of hydrogen-bond acceptors (Lipinski definition) is 3. The number of halogens is 8. The van der Waals surface area contributed by atoms with E-state index in [1.807, 2.05) is 0 Å². The van der Waals surface area contributed by atoms with Gasteiger partial charge in [-0.2, -0.15) is 26.3 Å². The molecule has 0 rings (SSSR count). The summed E-state index contributed by atoms with van der Waals surface area (Å²) in [5.74, 6) is -18.8. The Balaban J connectivity index is 4.53. The van der Waals surface area contributed by atoms with Crippen LogP contribution < -0.4 is 0 Å². The minimum absolute atomic E-state index is 0.405. The van der Waals surface area contributed by atoms with Crippen molar-refractivity contribution in [2.45, 2.75) is 56.2 Å². The van der Waals surface area contributed by atoms with Crippen LogP contribution in [0.5, 0.6) is 0 Å². The summed E-state index contributed by atoms with van der Waals surface area (Å²) in [6.07, 6.45) is -9.44. The van der Waals surface area contributed by atoms with Gasteiger partial charge in [-0.1, -0.05) is 6.58 Å². The van der Waals surface area contributed by atoms with Gasteiger partial charge in [0.05, 0.1) is 0 Å². The molecule has 0 aromatic rings. The first-order chi connectivity index (χ1) is 10.3. The molecule has 11 heteroatoms. The van der Waals surface area contributed by atoms with Crippen molar-refractivity contribution >= 4 is 5.97 Å². The van der Waals surface area contributed by atoms with Crippen LogP contribution in [0.15, 0.2) is 12.7 Å². The van der Waals surface area contributed by atoms with Gasteiger partial charge in [0.25, 0.3) is 0 Å². The maximum Gasteiger partial charge on any atom is 0.377 e. The molecule has 1 N–H and O–H groups in total. The molecule has 0 aliphatic heterocycles. The molecule has 0 aliphatic rings. The fourth-order valence-corrected chi connectivity index (χ4v) is 1.44. The number of aliphatic hydroxyl groups excluding tert-OH is 1. The SMILES string of the molecule is C=CC(=O)OC(O)CCCCC(F)(F)C(F)(F)C(F)(F)C(F)F. The van der Waals surface area contributed by atoms with Crippen LogP contribution in [0.4, 0.5) is 35.1 Å². The molecule has 0 bridgehead atoms. The predicted molar refractivity (Wildman–Crippen MR) is 61.6 cm³/mol. The molecule has 0 heterocycles. The lowest BCUT2D eigenvalue weighted by atomic mass is 9.99. The van der Waals surface area contributed by atoms with Crippen molar-refractivity contribution in [3.63, 3.8) is 0 Å². The maximum absolute atomic E-state index is 13.1. The summed E-state index contributed by atoms with van der Waals surface area (Å²) in [6, 6.07) is 0. The first-order valence-electron chi connectivity index (χ1n) is 6.22. The number of esters is 1. The molecule has 0 spiro atoms. The molecular weight excluding hydrogens is 344 g/mol. The zero-order chi connectivity index (χ0) is 18.5. The standard InChI is InChI=1S/C12H14F8O3/c1-2-7(21)23-8(22)5-3-4-6-10(15,16)12(19,20)11(17,18)9(13)14/h2,8-9,22H,1,3-6H2. The second kappa shape index (κ2) is 7.93. The third-order valence-corrected chi connectivity index (χ3v) is 2.76. The molecule has 0 fully saturated rings. The number of ether oxygens (including phenoxy) is 1. The van der Waals surface area contributed by atoms with Crippen LogP contribution in [0, 0.1) is 0 Å². The van der Waals surface area contributed by atoms with E-state index in [1.54, 1.807) is 0 Å². The Morgan fingerprint density at radius 2 is 1.65 bits per heavy atom. The highest BCUT2D eigenvalue weighted by Crippen LogP contribution is 2.50. The van der Waals surface area contributed by atoms with Crippen LogP contribution in [0.3, 0.4) is 0 Å². The fourth-order valence-electron chi connectivity index (χ4n) is 1.44. The molecule has 0 aromatic heterocycles. The van der Waals surface area contributed by atoms with Gasteiger partial charge >= 0.3 is 30.2 Å². The van der Waals surface area contributed by atoms with Crippen molar-refractivity contribution in [1.29, 1.82) is 0 Å². The van der Waals surface area contributed by atoms with Crippen LogP contribution in [-0.4, -0.2) is 41.6 Å². The molecule has 0 aliphatic carbocycles. The van der Waals surface area contributed by atoms with Gasteiger partial charge < -0.3 is 9.84 Å². The Bertz CT molecular complexity index is 411. The average Bonchev–Trinajstić information content (AvgIpc) is 2.42. The lowest BCUT2D eigenvalue weighted by molar-refractivity contribution is -0.339. The number of unbranched alkanes of at least 4 members (excludes halogenated alkanes) is 1. The van der Waals surface area contributed by atoms with Gasteiger partial charge in [-0.05, 0) is 12.8 Å². The van der Waals surface area contributed by atoms with Crippen molar-refractivity contribution in [1.82, 2.24) is 0 Å². The zero-order valence-corrected chi connectivity index (χ0v) is 11.6. The maximum atomic E-state index is 13.1. The molecule has 3 nitrogen and oxygen atoms in total. The number of carbonyl (C=O) groups is 1. The minimum Gasteiger partial charge on any atom is -0.433 e. The molecule has 0 aromatic carbocycles. The molecule has 23 heavy (non-hydrogen) atoms. The zero-order valence-electron chi connectivity index (χ0n) is 11.6. The van der Waals surface area contributed by atoms with Gasteiger partial charge in [-0.15, -0.1) is 0 Å². The summed E-state index contributed by atoms with van der Waals surface area (Å²) < 4.78 is 105. The summed E-state index contributed by atoms with van der Waals surface area (Å²) in [4.78, 5) is 10.6. The Morgan fingerprint density at radius 1 is 1.13 bits per heavy atom. The van der Waals surface area contributed by atoms with Gasteiger partial charge in [0.15, 0.2) is 0 Å². The normalized spacial score (nSPS) is 14.7. The first-order valence-corrected chi connectivity index (χ1v) is 6.22. The van der Waals surface area contributed by atoms with Crippen LogP contribution in [0.2, 0.25) is 0 Å². The number of carbonyl (C=O) groups excluding carboxylic acids is 1. The van der Waals surface area contributed by atoms with E-state index in [4.69, 9.17) is 5.11 Å². The lowest BCUT2D eigenvalue weighted by Gasteiger charge is -2.32. The third-order valence-electron chi connectivity index (χ3n) is 2.76. The molecule has 0 amide bonds. The van der Waals surface area contributed by atoms with Crippen LogP contribution in [-0.2, 0) is 9.53 Å². The van der Waals surface area contributed by atoms with Crippen molar-refractivity contribution < 1.29 is 49.8 Å². The highest BCUT2D eigenvalue weighted by molar-refractivity contribution is 5.81. The predicted octanol–water partition coefficient (Wildman–Crippen LogP) is 3.77. The van der Waals surface area contributed by atoms with E-state index in [9.17, 15) is 39.9 Å². The Labute approximate surface area is 125 Å². The van der Waals surface area contributed by atoms with Gasteiger partial charge in [-0.25, -0.2) is 13.6 Å². The highest BCUT2D eigenvalue weighted by Gasteiger charge is 2.74. The number of rotatable bonds is 10. The lowest BCUT2D eigenvalue weighted by Crippen LogP contribution is -2.57. The monoisotopic (exact) mass is 358 g/mol. The quantitative estimate of drug-likeness (QED) is 0.213. The Hall–Kier alpha value is -1.39. The number of hydrogen-bond donors (Lipinski definition) is 1. The molecular formula is C12H14F8O3. The topological polar surface area (TPSA) is 46.5 Å². The Kier molecular flexibility index (Phi) is 7.45. The average molecular weight is 358 g/mol. The highest BCUT2D eigenvalue weighted by atomic mass is 19.4. The second-order valence-corrected chi connectivity index (χ2v) is 4.54. The number of alkyl halides is 8.